The van der Waals surface area contributed by atoms with Gasteiger partial charge in [-0.3, -0.25) is 0 Å². The molecule has 26 heavy (non-hydrogen) atoms. The van der Waals surface area contributed by atoms with E-state index in [1.807, 2.05) is 0 Å². The van der Waals surface area contributed by atoms with Crippen LogP contribution >= 0.6 is 23.8 Å². The van der Waals surface area contributed by atoms with Crippen LogP contribution in [0.3, 0.4) is 0 Å². The molecule has 0 bridgehead atoms. The molecule has 2 aromatic rings. The Morgan fingerprint density at radius 2 is 1.88 bits per heavy atom. The normalized spacial score (nSPS) is 11.5. The van der Waals surface area contributed by atoms with Crippen molar-refractivity contribution in [2.24, 2.45) is 0 Å². The Hall–Kier alpha value is -2.11. The van der Waals surface area contributed by atoms with Gasteiger partial charge in [-0.1, -0.05) is 48.4 Å². The van der Waals surface area contributed by atoms with Crippen molar-refractivity contribution in [1.82, 2.24) is 5.32 Å². The second-order valence-electron chi connectivity index (χ2n) is 5.89. The summed E-state index contributed by atoms with van der Waals surface area (Å²) >= 11 is 11.6. The molecule has 1 atom stereocenters. The molecule has 0 spiro atoms. The summed E-state index contributed by atoms with van der Waals surface area (Å²) in [5, 5.41) is 7.24. The molecule has 0 saturated heterocycles. The van der Waals surface area contributed by atoms with Gasteiger partial charge in [0.15, 0.2) is 5.11 Å². The highest BCUT2D eigenvalue weighted by Crippen LogP contribution is 2.22. The molecule has 0 heterocycles. The molecule has 0 fully saturated rings. The summed E-state index contributed by atoms with van der Waals surface area (Å²) < 4.78 is 4.97. The first kappa shape index (κ1) is 20.2. The van der Waals surface area contributed by atoms with Crippen molar-refractivity contribution >= 4 is 40.6 Å². The quantitative estimate of drug-likeness (QED) is 0.520. The van der Waals surface area contributed by atoms with Gasteiger partial charge in [0.1, 0.15) is 0 Å². The second kappa shape index (κ2) is 9.55. The summed E-state index contributed by atoms with van der Waals surface area (Å²) in [6.07, 6.45) is 0.896. The number of benzene rings is 2. The van der Waals surface area contributed by atoms with Gasteiger partial charge in [0.05, 0.1) is 23.2 Å². The average molecular weight is 391 g/mol. The fourth-order valence-corrected chi connectivity index (χ4v) is 3.03. The molecule has 4 nitrogen and oxygen atoms in total. The van der Waals surface area contributed by atoms with E-state index in [1.54, 1.807) is 25.1 Å². The monoisotopic (exact) mass is 390 g/mol. The highest BCUT2D eigenvalue weighted by Gasteiger charge is 2.13. The van der Waals surface area contributed by atoms with E-state index in [4.69, 9.17) is 28.6 Å². The van der Waals surface area contributed by atoms with Crippen molar-refractivity contribution in [3.05, 3.63) is 64.2 Å². The topological polar surface area (TPSA) is 50.4 Å². The Bertz CT molecular complexity index is 778. The third-order valence-electron chi connectivity index (χ3n) is 3.92. The van der Waals surface area contributed by atoms with Crippen LogP contribution in [-0.4, -0.2) is 17.7 Å². The Balaban J connectivity index is 2.03. The Labute approximate surface area is 164 Å². The van der Waals surface area contributed by atoms with Crippen molar-refractivity contribution in [1.29, 1.82) is 0 Å². The first-order valence-corrected chi connectivity index (χ1v) is 9.34. The minimum absolute atomic E-state index is 0.116. The van der Waals surface area contributed by atoms with Crippen LogP contribution in [0.25, 0.3) is 0 Å². The molecule has 6 heteroatoms. The number of carbonyl (C=O) groups is 1. The Morgan fingerprint density at radius 1 is 1.19 bits per heavy atom. The first-order chi connectivity index (χ1) is 12.4. The number of esters is 1. The zero-order chi connectivity index (χ0) is 19.1. The van der Waals surface area contributed by atoms with Crippen molar-refractivity contribution < 1.29 is 9.53 Å². The van der Waals surface area contributed by atoms with E-state index in [9.17, 15) is 4.79 Å². The summed E-state index contributed by atoms with van der Waals surface area (Å²) in [7, 11) is 0. The maximum Gasteiger partial charge on any atom is 0.339 e. The molecule has 138 valence electrons. The van der Waals surface area contributed by atoms with Crippen molar-refractivity contribution in [2.45, 2.75) is 33.2 Å². The van der Waals surface area contributed by atoms with Crippen LogP contribution in [0.2, 0.25) is 5.02 Å². The number of nitrogens with one attached hydrogen (secondary N) is 2. The van der Waals surface area contributed by atoms with Gasteiger partial charge in [-0.15, -0.1) is 0 Å². The molecular weight excluding hydrogens is 368 g/mol. The van der Waals surface area contributed by atoms with E-state index in [0.717, 1.165) is 6.42 Å². The van der Waals surface area contributed by atoms with Gasteiger partial charge in [0.2, 0.25) is 0 Å². The summed E-state index contributed by atoms with van der Waals surface area (Å²) in [4.78, 5) is 11.8. The number of thiocarbonyl (C=S) groups is 1. The van der Waals surface area contributed by atoms with Crippen LogP contribution in [0.1, 0.15) is 47.8 Å². The minimum Gasteiger partial charge on any atom is -0.462 e. The lowest BCUT2D eigenvalue weighted by atomic mass is 10.0. The van der Waals surface area contributed by atoms with Gasteiger partial charge in [0, 0.05) is 5.69 Å². The zero-order valence-corrected chi connectivity index (χ0v) is 16.7. The van der Waals surface area contributed by atoms with Crippen LogP contribution in [0, 0.1) is 6.92 Å². The van der Waals surface area contributed by atoms with E-state index < -0.39 is 5.97 Å². The van der Waals surface area contributed by atoms with Crippen LogP contribution in [0.4, 0.5) is 5.69 Å². The van der Waals surface area contributed by atoms with E-state index in [1.165, 1.54) is 11.1 Å². The minimum atomic E-state index is -0.435. The molecule has 0 saturated carbocycles. The van der Waals surface area contributed by atoms with E-state index in [0.29, 0.717) is 28.0 Å². The van der Waals surface area contributed by atoms with Crippen LogP contribution in [0.5, 0.6) is 0 Å². The summed E-state index contributed by atoms with van der Waals surface area (Å²) in [5.74, 6) is -0.435. The van der Waals surface area contributed by atoms with E-state index in [-0.39, 0.29) is 6.04 Å². The standard InChI is InChI=1S/C20H23ClN2O2S/c1-4-18(14-8-6-13(3)7-9-14)23-20(26)22-15-10-11-16(17(21)12-15)19(24)25-5-2/h6-12,18H,4-5H2,1-3H3,(H2,22,23,26)/t18-/m1/s1. The lowest BCUT2D eigenvalue weighted by Gasteiger charge is -2.20. The molecule has 2 N–H and O–H groups in total. The number of ether oxygens (including phenoxy) is 1. The van der Waals surface area contributed by atoms with Gasteiger partial charge < -0.3 is 15.4 Å². The molecule has 0 aliphatic heterocycles. The number of aryl methyl sites for hydroxylation is 1. The van der Waals surface area contributed by atoms with E-state index in [2.05, 4.69) is 48.7 Å². The highest BCUT2D eigenvalue weighted by atomic mass is 35.5. The summed E-state index contributed by atoms with van der Waals surface area (Å²) in [5.41, 5.74) is 3.45. The van der Waals surface area contributed by atoms with Crippen molar-refractivity contribution in [2.75, 3.05) is 11.9 Å². The Morgan fingerprint density at radius 3 is 2.46 bits per heavy atom. The molecule has 2 aromatic carbocycles. The fourth-order valence-electron chi connectivity index (χ4n) is 2.51. The number of hydrogen-bond donors (Lipinski definition) is 2. The molecule has 0 amide bonds. The predicted octanol–water partition coefficient (Wildman–Crippen LogP) is 5.26. The molecule has 2 rings (SSSR count). The van der Waals surface area contributed by atoms with Crippen molar-refractivity contribution in [3.8, 4) is 0 Å². The van der Waals surface area contributed by atoms with Gasteiger partial charge in [-0.25, -0.2) is 4.79 Å². The first-order valence-electron chi connectivity index (χ1n) is 8.55. The van der Waals surface area contributed by atoms with Crippen LogP contribution in [-0.2, 0) is 4.74 Å². The number of carbonyl (C=O) groups excluding carboxylic acids is 1. The molecular formula is C20H23ClN2O2S. The number of rotatable bonds is 6. The van der Waals surface area contributed by atoms with Gasteiger partial charge in [0.25, 0.3) is 0 Å². The fraction of sp³-hybridized carbons (Fsp3) is 0.300. The van der Waals surface area contributed by atoms with Crippen molar-refractivity contribution in [3.63, 3.8) is 0 Å². The smallest absolute Gasteiger partial charge is 0.339 e. The van der Waals surface area contributed by atoms with E-state index >= 15 is 0 Å². The van der Waals surface area contributed by atoms with Crippen LogP contribution < -0.4 is 10.6 Å². The Kier molecular flexibility index (Phi) is 7.42. The van der Waals surface area contributed by atoms with Gasteiger partial charge >= 0.3 is 5.97 Å². The molecule has 0 aliphatic rings. The number of halogens is 1. The van der Waals surface area contributed by atoms with Gasteiger partial charge in [-0.2, -0.15) is 0 Å². The largest absolute Gasteiger partial charge is 0.462 e. The third kappa shape index (κ3) is 5.44. The SMILES string of the molecule is CCOC(=O)c1ccc(NC(=S)N[C@H](CC)c2ccc(C)cc2)cc1Cl. The molecule has 0 radical (unpaired) electrons. The summed E-state index contributed by atoms with van der Waals surface area (Å²) in [6, 6.07) is 13.5. The maximum absolute atomic E-state index is 11.8. The highest BCUT2D eigenvalue weighted by molar-refractivity contribution is 7.80. The molecule has 0 aliphatic carbocycles. The predicted molar refractivity (Wildman–Crippen MR) is 111 cm³/mol. The lowest BCUT2D eigenvalue weighted by molar-refractivity contribution is 0.0526. The molecule has 0 aromatic heterocycles. The molecule has 0 unspecified atom stereocenters. The number of hydrogen-bond acceptors (Lipinski definition) is 3. The third-order valence-corrected chi connectivity index (χ3v) is 4.45. The average Bonchev–Trinajstić information content (AvgIpc) is 2.60. The van der Waals surface area contributed by atoms with Crippen LogP contribution in [0.15, 0.2) is 42.5 Å². The second-order valence-corrected chi connectivity index (χ2v) is 6.70. The zero-order valence-electron chi connectivity index (χ0n) is 15.1. The lowest BCUT2D eigenvalue weighted by Crippen LogP contribution is -2.32. The number of anilines is 1. The maximum atomic E-state index is 11.8. The summed E-state index contributed by atoms with van der Waals surface area (Å²) in [6.45, 7) is 6.23. The van der Waals surface area contributed by atoms with Gasteiger partial charge in [-0.05, 0) is 56.2 Å².